The Kier molecular flexibility index (Phi) is 1.89. The van der Waals surface area contributed by atoms with Crippen molar-refractivity contribution in [2.24, 2.45) is 17.8 Å². The first-order valence-electron chi connectivity index (χ1n) is 4.26. The first-order valence-corrected chi connectivity index (χ1v) is 4.26. The molecule has 0 aromatic rings. The largest absolute Gasteiger partial charge is 0.0658 e. The molecule has 0 aromatic heterocycles. The molecule has 0 saturated carbocycles. The summed E-state index contributed by atoms with van der Waals surface area (Å²) in [6, 6.07) is 0. The Morgan fingerprint density at radius 2 is 1.60 bits per heavy atom. The predicted molar refractivity (Wildman–Crippen MR) is 45.9 cm³/mol. The van der Waals surface area contributed by atoms with Gasteiger partial charge in [-0.15, -0.1) is 0 Å². The van der Waals surface area contributed by atoms with Gasteiger partial charge >= 0.3 is 0 Å². The van der Waals surface area contributed by atoms with Gasteiger partial charge in [-0.05, 0) is 18.8 Å². The standard InChI is InChI=1S/C10H18/c1-6(2)9-8(5)10(9)7(3)4/h6-7,9H,1-5H3. The van der Waals surface area contributed by atoms with Crippen molar-refractivity contribution in [3.63, 3.8) is 0 Å². The fourth-order valence-corrected chi connectivity index (χ4v) is 2.05. The minimum absolute atomic E-state index is 0.785. The molecule has 0 heteroatoms. The van der Waals surface area contributed by atoms with Crippen LogP contribution in [0.1, 0.15) is 34.6 Å². The van der Waals surface area contributed by atoms with Crippen molar-refractivity contribution in [3.8, 4) is 0 Å². The number of hydrogen-bond donors (Lipinski definition) is 0. The fraction of sp³-hybridized carbons (Fsp3) is 0.800. The summed E-state index contributed by atoms with van der Waals surface area (Å²) >= 11 is 0. The second kappa shape index (κ2) is 2.41. The molecule has 0 nitrogen and oxygen atoms in total. The average Bonchev–Trinajstić information content (AvgIpc) is 2.40. The van der Waals surface area contributed by atoms with E-state index in [1.807, 2.05) is 0 Å². The second-order valence-electron chi connectivity index (χ2n) is 4.01. The van der Waals surface area contributed by atoms with Crippen LogP contribution in [0.25, 0.3) is 0 Å². The Labute approximate surface area is 64.3 Å². The molecule has 1 aliphatic rings. The molecule has 0 saturated heterocycles. The first-order chi connectivity index (χ1) is 4.55. The highest BCUT2D eigenvalue weighted by atomic mass is 14.4. The van der Waals surface area contributed by atoms with Crippen molar-refractivity contribution in [1.82, 2.24) is 0 Å². The first kappa shape index (κ1) is 7.84. The molecule has 1 atom stereocenters. The lowest BCUT2D eigenvalue weighted by Gasteiger charge is -2.05. The maximum absolute atomic E-state index is 2.31. The van der Waals surface area contributed by atoms with Gasteiger partial charge in [0, 0.05) is 5.92 Å². The minimum Gasteiger partial charge on any atom is -0.0658 e. The molecule has 0 N–H and O–H groups in total. The maximum Gasteiger partial charge on any atom is 0.00356 e. The summed E-state index contributed by atoms with van der Waals surface area (Å²) in [7, 11) is 0. The third-order valence-corrected chi connectivity index (χ3v) is 2.46. The Bertz CT molecular complexity index is 161. The van der Waals surface area contributed by atoms with Gasteiger partial charge < -0.3 is 0 Å². The Morgan fingerprint density at radius 3 is 1.70 bits per heavy atom. The van der Waals surface area contributed by atoms with Crippen LogP contribution in [0.5, 0.6) is 0 Å². The molecular formula is C10H18. The van der Waals surface area contributed by atoms with E-state index < -0.39 is 0 Å². The number of rotatable bonds is 2. The van der Waals surface area contributed by atoms with Crippen molar-refractivity contribution in [2.45, 2.75) is 34.6 Å². The van der Waals surface area contributed by atoms with Gasteiger partial charge in [0.15, 0.2) is 0 Å². The summed E-state index contributed by atoms with van der Waals surface area (Å²) in [6.45, 7) is 11.5. The van der Waals surface area contributed by atoms with E-state index in [4.69, 9.17) is 0 Å². The molecule has 58 valence electrons. The molecule has 1 rings (SSSR count). The van der Waals surface area contributed by atoms with Crippen molar-refractivity contribution in [2.75, 3.05) is 0 Å². The van der Waals surface area contributed by atoms with Crippen LogP contribution >= 0.6 is 0 Å². The third-order valence-electron chi connectivity index (χ3n) is 2.46. The molecule has 0 fully saturated rings. The lowest BCUT2D eigenvalue weighted by atomic mass is 9.99. The predicted octanol–water partition coefficient (Wildman–Crippen LogP) is 3.24. The zero-order chi connectivity index (χ0) is 7.89. The zero-order valence-electron chi connectivity index (χ0n) is 7.73. The Hall–Kier alpha value is -0.260. The van der Waals surface area contributed by atoms with E-state index in [-0.39, 0.29) is 0 Å². The molecule has 1 unspecified atom stereocenters. The fourth-order valence-electron chi connectivity index (χ4n) is 2.05. The highest BCUT2D eigenvalue weighted by Gasteiger charge is 2.36. The van der Waals surface area contributed by atoms with Gasteiger partial charge in [0.2, 0.25) is 0 Å². The quantitative estimate of drug-likeness (QED) is 0.514. The number of allylic oxidation sites excluding steroid dienone is 2. The van der Waals surface area contributed by atoms with E-state index >= 15 is 0 Å². The molecule has 0 aliphatic heterocycles. The van der Waals surface area contributed by atoms with E-state index in [9.17, 15) is 0 Å². The molecule has 10 heavy (non-hydrogen) atoms. The Morgan fingerprint density at radius 1 is 1.10 bits per heavy atom. The smallest absolute Gasteiger partial charge is 0.00356 e. The SMILES string of the molecule is CC1=C(C(C)C)C1C(C)C. The van der Waals surface area contributed by atoms with E-state index in [0.29, 0.717) is 0 Å². The van der Waals surface area contributed by atoms with Crippen LogP contribution in [0.3, 0.4) is 0 Å². The average molecular weight is 138 g/mol. The van der Waals surface area contributed by atoms with Gasteiger partial charge in [-0.2, -0.15) is 0 Å². The van der Waals surface area contributed by atoms with Gasteiger partial charge in [-0.3, -0.25) is 0 Å². The van der Waals surface area contributed by atoms with Crippen LogP contribution in [0.4, 0.5) is 0 Å². The molecule has 0 heterocycles. The molecule has 0 radical (unpaired) electrons. The van der Waals surface area contributed by atoms with E-state index in [2.05, 4.69) is 34.6 Å². The van der Waals surface area contributed by atoms with Crippen molar-refractivity contribution in [1.29, 1.82) is 0 Å². The van der Waals surface area contributed by atoms with Gasteiger partial charge in [0.1, 0.15) is 0 Å². The van der Waals surface area contributed by atoms with Gasteiger partial charge in [-0.1, -0.05) is 38.8 Å². The van der Waals surface area contributed by atoms with Crippen LogP contribution in [0.2, 0.25) is 0 Å². The van der Waals surface area contributed by atoms with Gasteiger partial charge in [0.05, 0.1) is 0 Å². The topological polar surface area (TPSA) is 0 Å². The Balaban J connectivity index is 2.51. The lowest BCUT2D eigenvalue weighted by molar-refractivity contribution is 0.549. The summed E-state index contributed by atoms with van der Waals surface area (Å²) in [6.07, 6.45) is 0. The molecular weight excluding hydrogens is 120 g/mol. The van der Waals surface area contributed by atoms with Crippen LogP contribution in [0, 0.1) is 17.8 Å². The maximum atomic E-state index is 2.31. The molecule has 0 amide bonds. The summed E-state index contributed by atoms with van der Waals surface area (Å²) < 4.78 is 0. The normalized spacial score (nSPS) is 24.9. The summed E-state index contributed by atoms with van der Waals surface area (Å²) in [5.41, 5.74) is 3.38. The highest BCUT2D eigenvalue weighted by molar-refractivity contribution is 5.41. The van der Waals surface area contributed by atoms with Crippen LogP contribution in [0.15, 0.2) is 11.1 Å². The van der Waals surface area contributed by atoms with Crippen LogP contribution < -0.4 is 0 Å². The molecule has 0 aromatic carbocycles. The monoisotopic (exact) mass is 138 g/mol. The summed E-state index contributed by atoms with van der Waals surface area (Å²) in [5.74, 6) is 2.48. The molecule has 0 bridgehead atoms. The van der Waals surface area contributed by atoms with Gasteiger partial charge in [0.25, 0.3) is 0 Å². The van der Waals surface area contributed by atoms with Crippen LogP contribution in [-0.2, 0) is 0 Å². The highest BCUT2D eigenvalue weighted by Crippen LogP contribution is 2.48. The molecule has 0 spiro atoms. The third kappa shape index (κ3) is 1.12. The van der Waals surface area contributed by atoms with Crippen molar-refractivity contribution >= 4 is 0 Å². The van der Waals surface area contributed by atoms with Gasteiger partial charge in [-0.25, -0.2) is 0 Å². The van der Waals surface area contributed by atoms with Crippen molar-refractivity contribution < 1.29 is 0 Å². The zero-order valence-corrected chi connectivity index (χ0v) is 7.73. The number of hydrogen-bond acceptors (Lipinski definition) is 0. The van der Waals surface area contributed by atoms with Crippen LogP contribution in [-0.4, -0.2) is 0 Å². The summed E-state index contributed by atoms with van der Waals surface area (Å²) in [4.78, 5) is 0. The van der Waals surface area contributed by atoms with E-state index in [0.717, 1.165) is 17.8 Å². The van der Waals surface area contributed by atoms with E-state index in [1.165, 1.54) is 0 Å². The lowest BCUT2D eigenvalue weighted by Crippen LogP contribution is -1.97. The molecule has 1 aliphatic carbocycles. The minimum atomic E-state index is 0.785. The second-order valence-corrected chi connectivity index (χ2v) is 4.01. The van der Waals surface area contributed by atoms with Crippen molar-refractivity contribution in [3.05, 3.63) is 11.1 Å². The van der Waals surface area contributed by atoms with E-state index in [1.54, 1.807) is 11.1 Å². The summed E-state index contributed by atoms with van der Waals surface area (Å²) in [5, 5.41) is 0.